The van der Waals surface area contributed by atoms with E-state index in [1.54, 1.807) is 12.3 Å². The number of nitrogens with one attached hydrogen (secondary N) is 1. The molecule has 0 saturated heterocycles. The number of benzene rings is 1. The van der Waals surface area contributed by atoms with Crippen LogP contribution in [-0.4, -0.2) is 22.7 Å². The van der Waals surface area contributed by atoms with E-state index in [9.17, 15) is 9.59 Å². The second-order valence-corrected chi connectivity index (χ2v) is 6.67. The molecule has 0 aliphatic heterocycles. The van der Waals surface area contributed by atoms with Crippen LogP contribution in [-0.2, 0) is 19.3 Å². The molecule has 0 saturated carbocycles. The fraction of sp³-hybridized carbons (Fsp3) is 0.300. The molecule has 2 aliphatic rings. The molecule has 5 heteroatoms. The zero-order chi connectivity index (χ0) is 17.4. The van der Waals surface area contributed by atoms with Gasteiger partial charge in [0.1, 0.15) is 0 Å². The van der Waals surface area contributed by atoms with Gasteiger partial charge in [-0.2, -0.15) is 5.26 Å². The lowest BCUT2D eigenvalue weighted by Gasteiger charge is -2.16. The number of amides is 1. The highest BCUT2D eigenvalue weighted by Crippen LogP contribution is 2.24. The normalized spacial score (nSPS) is 18.2. The monoisotopic (exact) mass is 331 g/mol. The lowest BCUT2D eigenvalue weighted by Crippen LogP contribution is -2.35. The number of Topliss-reactive ketones (excluding diaryl/α,β-unsaturated/α-hetero) is 1. The van der Waals surface area contributed by atoms with Crippen molar-refractivity contribution in [3.63, 3.8) is 0 Å². The smallest absolute Gasteiger partial charge is 0.253 e. The van der Waals surface area contributed by atoms with E-state index >= 15 is 0 Å². The number of ketones is 1. The van der Waals surface area contributed by atoms with Crippen molar-refractivity contribution in [1.82, 2.24) is 10.3 Å². The Labute approximate surface area is 145 Å². The molecule has 1 amide bonds. The summed E-state index contributed by atoms with van der Waals surface area (Å²) in [6.45, 7) is 0. The molecule has 0 spiro atoms. The summed E-state index contributed by atoms with van der Waals surface area (Å²) in [5.41, 5.74) is 4.74. The third-order valence-electron chi connectivity index (χ3n) is 4.95. The maximum absolute atomic E-state index is 12.6. The van der Waals surface area contributed by atoms with E-state index in [-0.39, 0.29) is 17.7 Å². The number of aryl methyl sites for hydroxylation is 1. The SMILES string of the molecule is N#Cc1ccc2c(c1)CC(NC(=O)c1cnc3c(c1)C(=O)CCC3)C2. The summed E-state index contributed by atoms with van der Waals surface area (Å²) >= 11 is 0. The Hall–Kier alpha value is -3.00. The van der Waals surface area contributed by atoms with Crippen LogP contribution in [0.5, 0.6) is 0 Å². The number of carbonyl (C=O) groups excluding carboxylic acids is 2. The minimum Gasteiger partial charge on any atom is -0.349 e. The number of aromatic nitrogens is 1. The topological polar surface area (TPSA) is 82.8 Å². The summed E-state index contributed by atoms with van der Waals surface area (Å²) in [5, 5.41) is 12.0. The largest absolute Gasteiger partial charge is 0.349 e. The van der Waals surface area contributed by atoms with Gasteiger partial charge in [-0.1, -0.05) is 6.07 Å². The molecular weight excluding hydrogens is 314 g/mol. The van der Waals surface area contributed by atoms with Crippen LogP contribution >= 0.6 is 0 Å². The first kappa shape index (κ1) is 15.5. The number of fused-ring (bicyclic) bond motifs is 2. The average molecular weight is 331 g/mol. The van der Waals surface area contributed by atoms with Crippen LogP contribution in [0.25, 0.3) is 0 Å². The van der Waals surface area contributed by atoms with Crippen molar-refractivity contribution >= 4 is 11.7 Å². The van der Waals surface area contributed by atoms with Crippen molar-refractivity contribution in [1.29, 1.82) is 5.26 Å². The molecule has 1 N–H and O–H groups in total. The van der Waals surface area contributed by atoms with Crippen LogP contribution in [0.4, 0.5) is 0 Å². The van der Waals surface area contributed by atoms with E-state index in [1.165, 1.54) is 5.56 Å². The molecule has 0 fully saturated rings. The second kappa shape index (κ2) is 6.14. The Morgan fingerprint density at radius 2 is 2.04 bits per heavy atom. The van der Waals surface area contributed by atoms with Crippen LogP contribution in [0.1, 0.15) is 55.9 Å². The standard InChI is InChI=1S/C20H17N3O2/c21-10-12-4-5-13-7-16(8-14(13)6-12)23-20(25)15-9-17-18(22-11-15)2-1-3-19(17)24/h4-6,9,11,16H,1-3,7-8H2,(H,23,25). The molecule has 1 heterocycles. The van der Waals surface area contributed by atoms with Crippen LogP contribution in [0, 0.1) is 11.3 Å². The van der Waals surface area contributed by atoms with Crippen molar-refractivity contribution in [2.24, 2.45) is 0 Å². The Morgan fingerprint density at radius 3 is 2.88 bits per heavy atom. The third-order valence-corrected chi connectivity index (χ3v) is 4.95. The first-order valence-corrected chi connectivity index (χ1v) is 8.49. The van der Waals surface area contributed by atoms with E-state index in [1.807, 2.05) is 18.2 Å². The van der Waals surface area contributed by atoms with Gasteiger partial charge in [0.15, 0.2) is 5.78 Å². The summed E-state index contributed by atoms with van der Waals surface area (Å²) in [7, 11) is 0. The molecule has 25 heavy (non-hydrogen) atoms. The number of carbonyl (C=O) groups is 2. The zero-order valence-corrected chi connectivity index (χ0v) is 13.7. The van der Waals surface area contributed by atoms with E-state index in [2.05, 4.69) is 16.4 Å². The number of pyridine rings is 1. The lowest BCUT2D eigenvalue weighted by molar-refractivity contribution is 0.0938. The van der Waals surface area contributed by atoms with Gasteiger partial charge in [-0.25, -0.2) is 0 Å². The van der Waals surface area contributed by atoms with Crippen molar-refractivity contribution in [2.75, 3.05) is 0 Å². The van der Waals surface area contributed by atoms with Crippen molar-refractivity contribution < 1.29 is 9.59 Å². The number of rotatable bonds is 2. The highest BCUT2D eigenvalue weighted by Gasteiger charge is 2.25. The Kier molecular flexibility index (Phi) is 3.81. The van der Waals surface area contributed by atoms with Crippen LogP contribution in [0.3, 0.4) is 0 Å². The number of hydrogen-bond acceptors (Lipinski definition) is 4. The Balaban J connectivity index is 1.49. The van der Waals surface area contributed by atoms with Gasteiger partial charge < -0.3 is 5.32 Å². The highest BCUT2D eigenvalue weighted by atomic mass is 16.1. The number of nitrogens with zero attached hydrogens (tertiary/aromatic N) is 2. The fourth-order valence-corrected chi connectivity index (χ4v) is 3.67. The molecule has 2 aliphatic carbocycles. The van der Waals surface area contributed by atoms with Gasteiger partial charge in [-0.05, 0) is 55.0 Å². The van der Waals surface area contributed by atoms with Crippen LogP contribution < -0.4 is 5.32 Å². The molecule has 1 unspecified atom stereocenters. The molecule has 4 rings (SSSR count). The second-order valence-electron chi connectivity index (χ2n) is 6.67. The molecule has 1 aromatic heterocycles. The van der Waals surface area contributed by atoms with Gasteiger partial charge in [0, 0.05) is 24.2 Å². The quantitative estimate of drug-likeness (QED) is 0.916. The van der Waals surface area contributed by atoms with E-state index in [0.29, 0.717) is 29.5 Å². The summed E-state index contributed by atoms with van der Waals surface area (Å²) in [6, 6.07) is 9.48. The summed E-state index contributed by atoms with van der Waals surface area (Å²) in [6.07, 6.45) is 5.18. The fourth-order valence-electron chi connectivity index (χ4n) is 3.67. The zero-order valence-electron chi connectivity index (χ0n) is 13.7. The van der Waals surface area contributed by atoms with Crippen LogP contribution in [0.15, 0.2) is 30.5 Å². The van der Waals surface area contributed by atoms with E-state index < -0.39 is 0 Å². The first-order valence-electron chi connectivity index (χ1n) is 8.49. The van der Waals surface area contributed by atoms with E-state index in [0.717, 1.165) is 30.5 Å². The average Bonchev–Trinajstić information content (AvgIpc) is 3.03. The predicted molar refractivity (Wildman–Crippen MR) is 91.3 cm³/mol. The highest BCUT2D eigenvalue weighted by molar-refractivity contribution is 6.01. The maximum atomic E-state index is 12.6. The Morgan fingerprint density at radius 1 is 1.20 bits per heavy atom. The van der Waals surface area contributed by atoms with Gasteiger partial charge in [-0.3, -0.25) is 14.6 Å². The van der Waals surface area contributed by atoms with Gasteiger partial charge in [0.2, 0.25) is 0 Å². The summed E-state index contributed by atoms with van der Waals surface area (Å²) in [4.78, 5) is 28.9. The molecular formula is C20H17N3O2. The van der Waals surface area contributed by atoms with Gasteiger partial charge in [-0.15, -0.1) is 0 Å². The molecule has 1 atom stereocenters. The van der Waals surface area contributed by atoms with Crippen molar-refractivity contribution in [2.45, 2.75) is 38.1 Å². The van der Waals surface area contributed by atoms with Gasteiger partial charge in [0.25, 0.3) is 5.91 Å². The van der Waals surface area contributed by atoms with Gasteiger partial charge >= 0.3 is 0 Å². The number of nitriles is 1. The lowest BCUT2D eigenvalue weighted by atomic mass is 9.94. The number of hydrogen-bond donors (Lipinski definition) is 1. The predicted octanol–water partition coefficient (Wildman–Crippen LogP) is 2.37. The minimum atomic E-state index is -0.202. The minimum absolute atomic E-state index is 0.00294. The molecule has 124 valence electrons. The molecule has 0 radical (unpaired) electrons. The first-order chi connectivity index (χ1) is 12.1. The summed E-state index contributed by atoms with van der Waals surface area (Å²) < 4.78 is 0. The van der Waals surface area contributed by atoms with Crippen molar-refractivity contribution in [3.8, 4) is 6.07 Å². The van der Waals surface area contributed by atoms with Crippen LogP contribution in [0.2, 0.25) is 0 Å². The molecule has 0 bridgehead atoms. The molecule has 2 aromatic rings. The molecule has 1 aromatic carbocycles. The molecule has 5 nitrogen and oxygen atoms in total. The van der Waals surface area contributed by atoms with Crippen molar-refractivity contribution in [3.05, 3.63) is 64.0 Å². The summed E-state index contributed by atoms with van der Waals surface area (Å²) in [5.74, 6) is -0.132. The van der Waals surface area contributed by atoms with E-state index in [4.69, 9.17) is 5.26 Å². The Bertz CT molecular complexity index is 927. The third kappa shape index (κ3) is 2.91. The van der Waals surface area contributed by atoms with Gasteiger partial charge in [0.05, 0.1) is 22.9 Å². The maximum Gasteiger partial charge on any atom is 0.253 e.